The molecule has 1 atom stereocenters. The Labute approximate surface area is 119 Å². The average molecular weight is 271 g/mol. The van der Waals surface area contributed by atoms with E-state index in [1.165, 1.54) is 41.0 Å². The second-order valence-corrected chi connectivity index (χ2v) is 6.48. The lowest BCUT2D eigenvalue weighted by atomic mass is 9.88. The zero-order valence-electron chi connectivity index (χ0n) is 11.5. The molecule has 2 aromatic rings. The molecule has 1 aromatic heterocycles. The highest BCUT2D eigenvalue weighted by Crippen LogP contribution is 2.36. The first kappa shape index (κ1) is 12.9. The van der Waals surface area contributed by atoms with E-state index in [0.717, 1.165) is 6.42 Å². The number of hydrogen-bond donors (Lipinski definition) is 1. The number of aryl methyl sites for hydroxylation is 1. The number of thiophene rings is 1. The second-order valence-electron chi connectivity index (χ2n) is 5.37. The number of benzene rings is 1. The number of nitrogens with two attached hydrogens (primary N) is 1. The maximum absolute atomic E-state index is 6.13. The Bertz CT molecular complexity index is 570. The monoisotopic (exact) mass is 271 g/mol. The molecule has 1 heterocycles. The fourth-order valence-electron chi connectivity index (χ4n) is 2.91. The Hall–Kier alpha value is -1.12. The minimum atomic E-state index is 0.193. The zero-order chi connectivity index (χ0) is 13.2. The van der Waals surface area contributed by atoms with Crippen molar-refractivity contribution in [3.63, 3.8) is 0 Å². The molecule has 0 saturated carbocycles. The molecule has 0 saturated heterocycles. The number of rotatable bonds is 3. The van der Waals surface area contributed by atoms with Crippen LogP contribution in [0.4, 0.5) is 0 Å². The quantitative estimate of drug-likeness (QED) is 0.860. The summed E-state index contributed by atoms with van der Waals surface area (Å²) in [6.07, 6.45) is 6.16. The molecule has 0 aliphatic heterocycles. The van der Waals surface area contributed by atoms with E-state index in [-0.39, 0.29) is 6.04 Å². The van der Waals surface area contributed by atoms with Gasteiger partial charge in [-0.05, 0) is 60.9 Å². The van der Waals surface area contributed by atoms with Crippen LogP contribution in [0.1, 0.15) is 48.2 Å². The van der Waals surface area contributed by atoms with Crippen molar-refractivity contribution in [1.82, 2.24) is 0 Å². The summed E-state index contributed by atoms with van der Waals surface area (Å²) in [5.41, 5.74) is 10.7. The van der Waals surface area contributed by atoms with E-state index in [1.807, 2.05) is 11.3 Å². The third-order valence-corrected chi connectivity index (χ3v) is 5.34. The first-order valence-electron chi connectivity index (χ1n) is 7.26. The SMILES string of the molecule is CCC(N)c1ccc(-c2cccc3c2CCCC3)s1. The van der Waals surface area contributed by atoms with Crippen LogP contribution in [0.25, 0.3) is 10.4 Å². The molecular formula is C17H21NS. The molecule has 0 fully saturated rings. The molecule has 2 heteroatoms. The van der Waals surface area contributed by atoms with Crippen LogP contribution in [-0.2, 0) is 12.8 Å². The van der Waals surface area contributed by atoms with E-state index in [2.05, 4.69) is 37.3 Å². The summed E-state index contributed by atoms with van der Waals surface area (Å²) >= 11 is 1.87. The fraction of sp³-hybridized carbons (Fsp3) is 0.412. The van der Waals surface area contributed by atoms with Gasteiger partial charge in [0.15, 0.2) is 0 Å². The van der Waals surface area contributed by atoms with Gasteiger partial charge in [-0.25, -0.2) is 0 Å². The first-order chi connectivity index (χ1) is 9.29. The molecule has 19 heavy (non-hydrogen) atoms. The molecule has 1 aliphatic rings. The van der Waals surface area contributed by atoms with Crippen LogP contribution in [0.15, 0.2) is 30.3 Å². The lowest BCUT2D eigenvalue weighted by molar-refractivity contribution is 0.687. The highest BCUT2D eigenvalue weighted by Gasteiger charge is 2.16. The summed E-state index contributed by atoms with van der Waals surface area (Å²) in [7, 11) is 0. The molecule has 0 spiro atoms. The highest BCUT2D eigenvalue weighted by atomic mass is 32.1. The zero-order valence-corrected chi connectivity index (χ0v) is 12.3. The summed E-state index contributed by atoms with van der Waals surface area (Å²) in [5.74, 6) is 0. The van der Waals surface area contributed by atoms with Gasteiger partial charge in [-0.1, -0.05) is 25.1 Å². The second kappa shape index (κ2) is 5.48. The summed E-state index contributed by atoms with van der Waals surface area (Å²) < 4.78 is 0. The van der Waals surface area contributed by atoms with Crippen LogP contribution in [0, 0.1) is 0 Å². The molecule has 2 N–H and O–H groups in total. The van der Waals surface area contributed by atoms with E-state index < -0.39 is 0 Å². The Kier molecular flexibility index (Phi) is 3.72. The predicted molar refractivity (Wildman–Crippen MR) is 83.6 cm³/mol. The van der Waals surface area contributed by atoms with Crippen molar-refractivity contribution in [2.24, 2.45) is 5.73 Å². The van der Waals surface area contributed by atoms with Crippen LogP contribution in [0.3, 0.4) is 0 Å². The standard InChI is InChI=1S/C17H21NS/c1-2-15(18)17-11-10-16(19-17)14-9-5-7-12-6-3-4-8-13(12)14/h5,7,9-11,15H,2-4,6,8,18H2,1H3. The summed E-state index contributed by atoms with van der Waals surface area (Å²) in [5, 5.41) is 0. The summed E-state index contributed by atoms with van der Waals surface area (Å²) in [6.45, 7) is 2.15. The lowest BCUT2D eigenvalue weighted by Gasteiger charge is -2.18. The van der Waals surface area contributed by atoms with Gasteiger partial charge >= 0.3 is 0 Å². The minimum Gasteiger partial charge on any atom is -0.323 e. The van der Waals surface area contributed by atoms with E-state index in [0.29, 0.717) is 0 Å². The van der Waals surface area contributed by atoms with Crippen LogP contribution in [0.2, 0.25) is 0 Å². The van der Waals surface area contributed by atoms with Gasteiger partial charge < -0.3 is 5.73 Å². The minimum absolute atomic E-state index is 0.193. The van der Waals surface area contributed by atoms with Gasteiger partial charge in [-0.3, -0.25) is 0 Å². The number of hydrogen-bond acceptors (Lipinski definition) is 2. The molecule has 1 aromatic carbocycles. The molecule has 1 aliphatic carbocycles. The molecule has 0 bridgehead atoms. The molecule has 0 radical (unpaired) electrons. The van der Waals surface area contributed by atoms with Gasteiger partial charge in [0.25, 0.3) is 0 Å². The van der Waals surface area contributed by atoms with E-state index in [4.69, 9.17) is 5.73 Å². The maximum atomic E-state index is 6.13. The molecule has 0 amide bonds. The lowest BCUT2D eigenvalue weighted by Crippen LogP contribution is -2.05. The van der Waals surface area contributed by atoms with Gasteiger partial charge in [0.1, 0.15) is 0 Å². The summed E-state index contributed by atoms with van der Waals surface area (Å²) in [6, 6.07) is 11.4. The molecular weight excluding hydrogens is 250 g/mol. The van der Waals surface area contributed by atoms with Crippen LogP contribution in [0.5, 0.6) is 0 Å². The van der Waals surface area contributed by atoms with Gasteiger partial charge in [0.05, 0.1) is 0 Å². The maximum Gasteiger partial charge on any atom is 0.0387 e. The van der Waals surface area contributed by atoms with Gasteiger partial charge in [0, 0.05) is 15.8 Å². The molecule has 1 unspecified atom stereocenters. The van der Waals surface area contributed by atoms with Crippen molar-refractivity contribution in [2.75, 3.05) is 0 Å². The van der Waals surface area contributed by atoms with Crippen LogP contribution >= 0.6 is 11.3 Å². The number of fused-ring (bicyclic) bond motifs is 1. The molecule has 1 nitrogen and oxygen atoms in total. The third-order valence-electron chi connectivity index (χ3n) is 4.09. The molecule has 3 rings (SSSR count). The fourth-order valence-corrected chi connectivity index (χ4v) is 4.06. The Morgan fingerprint density at radius 3 is 2.84 bits per heavy atom. The van der Waals surface area contributed by atoms with Crippen molar-refractivity contribution in [1.29, 1.82) is 0 Å². The summed E-state index contributed by atoms with van der Waals surface area (Å²) in [4.78, 5) is 2.70. The van der Waals surface area contributed by atoms with Crippen molar-refractivity contribution in [2.45, 2.75) is 45.1 Å². The largest absolute Gasteiger partial charge is 0.323 e. The Morgan fingerprint density at radius 1 is 1.16 bits per heavy atom. The Balaban J connectivity index is 2.00. The van der Waals surface area contributed by atoms with Crippen LogP contribution < -0.4 is 5.73 Å². The van der Waals surface area contributed by atoms with Crippen molar-refractivity contribution in [3.8, 4) is 10.4 Å². The van der Waals surface area contributed by atoms with Gasteiger partial charge in [-0.2, -0.15) is 0 Å². The smallest absolute Gasteiger partial charge is 0.0387 e. The highest BCUT2D eigenvalue weighted by molar-refractivity contribution is 7.15. The van der Waals surface area contributed by atoms with Crippen LogP contribution in [-0.4, -0.2) is 0 Å². The van der Waals surface area contributed by atoms with E-state index in [9.17, 15) is 0 Å². The van der Waals surface area contributed by atoms with E-state index >= 15 is 0 Å². The van der Waals surface area contributed by atoms with Crippen molar-refractivity contribution >= 4 is 11.3 Å². The predicted octanol–water partition coefficient (Wildman–Crippen LogP) is 4.70. The van der Waals surface area contributed by atoms with Crippen molar-refractivity contribution < 1.29 is 0 Å². The van der Waals surface area contributed by atoms with Gasteiger partial charge in [0.2, 0.25) is 0 Å². The average Bonchev–Trinajstić information content (AvgIpc) is 2.95. The van der Waals surface area contributed by atoms with E-state index in [1.54, 1.807) is 11.1 Å². The first-order valence-corrected chi connectivity index (χ1v) is 8.07. The topological polar surface area (TPSA) is 26.0 Å². The normalized spacial score (nSPS) is 16.1. The molecule has 100 valence electrons. The van der Waals surface area contributed by atoms with Gasteiger partial charge in [-0.15, -0.1) is 11.3 Å². The Morgan fingerprint density at radius 2 is 2.00 bits per heavy atom. The third kappa shape index (κ3) is 2.47. The van der Waals surface area contributed by atoms with Crippen molar-refractivity contribution in [3.05, 3.63) is 46.3 Å².